The number of rotatable bonds is 9. The Morgan fingerprint density at radius 2 is 1.74 bits per heavy atom. The summed E-state index contributed by atoms with van der Waals surface area (Å²) in [4.78, 5) is 24.6. The number of benzene rings is 2. The summed E-state index contributed by atoms with van der Waals surface area (Å²) >= 11 is 0. The van der Waals surface area contributed by atoms with Crippen molar-refractivity contribution in [3.05, 3.63) is 42.5 Å². The summed E-state index contributed by atoms with van der Waals surface area (Å²) < 4.78 is 28.6. The Bertz CT molecular complexity index is 1010. The van der Waals surface area contributed by atoms with Crippen LogP contribution in [0.3, 0.4) is 0 Å². The molecule has 1 saturated carbocycles. The van der Waals surface area contributed by atoms with Gasteiger partial charge < -0.3 is 10.1 Å². The van der Waals surface area contributed by atoms with E-state index in [1.165, 1.54) is 12.5 Å². The lowest BCUT2D eigenvalue weighted by molar-refractivity contribution is -0.126. The van der Waals surface area contributed by atoms with Gasteiger partial charge in [0.25, 0.3) is 0 Å². The summed E-state index contributed by atoms with van der Waals surface area (Å²) in [6.45, 7) is 3.56. The Balaban J connectivity index is 1.72. The van der Waals surface area contributed by atoms with Gasteiger partial charge >= 0.3 is 0 Å². The highest BCUT2D eigenvalue weighted by molar-refractivity contribution is 7.89. The van der Waals surface area contributed by atoms with Crippen molar-refractivity contribution < 1.29 is 18.0 Å². The molecule has 3 rings (SSSR count). The van der Waals surface area contributed by atoms with Gasteiger partial charge in [0.1, 0.15) is 12.3 Å². The predicted molar refractivity (Wildman–Crippen MR) is 122 cm³/mol. The number of amides is 1. The van der Waals surface area contributed by atoms with Crippen LogP contribution in [0.15, 0.2) is 47.4 Å². The molecule has 7 heteroatoms. The molecule has 2 aromatic carbocycles. The Morgan fingerprint density at radius 3 is 2.39 bits per heavy atom. The third-order valence-corrected chi connectivity index (χ3v) is 7.51. The molecule has 1 aliphatic rings. The lowest BCUT2D eigenvalue weighted by Crippen LogP contribution is -2.52. The van der Waals surface area contributed by atoms with Gasteiger partial charge in [0.05, 0.1) is 10.9 Å². The molecule has 0 unspecified atom stereocenters. The minimum absolute atomic E-state index is 0.110. The largest absolute Gasteiger partial charge is 0.345 e. The van der Waals surface area contributed by atoms with Gasteiger partial charge in [-0.05, 0) is 41.2 Å². The van der Waals surface area contributed by atoms with E-state index >= 15 is 0 Å². The number of fused-ring (bicyclic) bond motifs is 1. The fraction of sp³-hybridized carbons (Fsp3) is 0.500. The molecule has 0 heterocycles. The number of aldehydes is 1. The number of sulfonamides is 1. The highest BCUT2D eigenvalue weighted by Crippen LogP contribution is 2.27. The maximum Gasteiger partial charge on any atom is 0.241 e. The predicted octanol–water partition coefficient (Wildman–Crippen LogP) is 3.80. The lowest BCUT2D eigenvalue weighted by Gasteiger charge is -2.27. The minimum atomic E-state index is -3.91. The van der Waals surface area contributed by atoms with Crippen LogP contribution in [-0.2, 0) is 19.6 Å². The van der Waals surface area contributed by atoms with E-state index in [4.69, 9.17) is 0 Å². The molecule has 0 aliphatic heterocycles. The first-order valence-electron chi connectivity index (χ1n) is 11.1. The van der Waals surface area contributed by atoms with Gasteiger partial charge in [-0.15, -0.1) is 0 Å². The van der Waals surface area contributed by atoms with Crippen LogP contribution in [0.25, 0.3) is 10.8 Å². The fourth-order valence-corrected chi connectivity index (χ4v) is 5.64. The Hall–Kier alpha value is -2.25. The van der Waals surface area contributed by atoms with Gasteiger partial charge in [-0.25, -0.2) is 8.42 Å². The standard InChI is InChI=1S/C24H32N2O4S/c1-17(2)23(24(28)25-21(16-27)14-18-8-4-3-5-9-18)26-31(29,30)22-13-12-19-10-6-7-11-20(19)15-22/h6-7,10-13,15-18,21,23,26H,3-5,8-9,14H2,1-2H3,(H,25,28)/t21-,23-/m0/s1. The molecule has 1 aliphatic carbocycles. The maximum absolute atomic E-state index is 13.0. The van der Waals surface area contributed by atoms with E-state index in [9.17, 15) is 18.0 Å². The first kappa shape index (κ1) is 23.4. The van der Waals surface area contributed by atoms with Crippen LogP contribution in [0.5, 0.6) is 0 Å². The summed E-state index contributed by atoms with van der Waals surface area (Å²) in [5, 5.41) is 4.52. The summed E-state index contributed by atoms with van der Waals surface area (Å²) in [6, 6.07) is 10.8. The van der Waals surface area contributed by atoms with Crippen LogP contribution >= 0.6 is 0 Å². The number of hydrogen-bond donors (Lipinski definition) is 2. The topological polar surface area (TPSA) is 92.3 Å². The summed E-state index contributed by atoms with van der Waals surface area (Å²) in [5.41, 5.74) is 0. The minimum Gasteiger partial charge on any atom is -0.345 e. The molecule has 2 atom stereocenters. The van der Waals surface area contributed by atoms with Crippen LogP contribution in [-0.4, -0.2) is 32.7 Å². The number of carbonyl (C=O) groups is 2. The molecule has 0 saturated heterocycles. The molecule has 1 amide bonds. The molecular formula is C24H32N2O4S. The van der Waals surface area contributed by atoms with Crippen molar-refractivity contribution in [3.8, 4) is 0 Å². The zero-order valence-electron chi connectivity index (χ0n) is 18.2. The zero-order chi connectivity index (χ0) is 22.4. The van der Waals surface area contributed by atoms with Crippen molar-refractivity contribution in [1.29, 1.82) is 0 Å². The zero-order valence-corrected chi connectivity index (χ0v) is 19.0. The van der Waals surface area contributed by atoms with E-state index in [2.05, 4.69) is 10.0 Å². The molecule has 0 radical (unpaired) electrons. The van der Waals surface area contributed by atoms with Crippen LogP contribution in [0.4, 0.5) is 0 Å². The van der Waals surface area contributed by atoms with Crippen LogP contribution < -0.4 is 10.0 Å². The average molecular weight is 445 g/mol. The van der Waals surface area contributed by atoms with Gasteiger partial charge in [-0.3, -0.25) is 4.79 Å². The molecule has 0 bridgehead atoms. The molecule has 2 N–H and O–H groups in total. The van der Waals surface area contributed by atoms with Crippen molar-refractivity contribution in [2.24, 2.45) is 11.8 Å². The molecule has 2 aromatic rings. The van der Waals surface area contributed by atoms with Crippen LogP contribution in [0.1, 0.15) is 52.4 Å². The summed E-state index contributed by atoms with van der Waals surface area (Å²) in [7, 11) is -3.91. The van der Waals surface area contributed by atoms with Gasteiger partial charge in [-0.1, -0.05) is 76.3 Å². The van der Waals surface area contributed by atoms with Crippen molar-refractivity contribution in [3.63, 3.8) is 0 Å². The van der Waals surface area contributed by atoms with Crippen LogP contribution in [0.2, 0.25) is 0 Å². The molecule has 6 nitrogen and oxygen atoms in total. The van der Waals surface area contributed by atoms with Gasteiger partial charge in [-0.2, -0.15) is 4.72 Å². The summed E-state index contributed by atoms with van der Waals surface area (Å²) in [6.07, 6.45) is 7.05. The molecule has 1 fully saturated rings. The van der Waals surface area contributed by atoms with Gasteiger partial charge in [0.15, 0.2) is 0 Å². The first-order valence-corrected chi connectivity index (χ1v) is 12.6. The van der Waals surface area contributed by atoms with Gasteiger partial charge in [0.2, 0.25) is 15.9 Å². The quantitative estimate of drug-likeness (QED) is 0.576. The van der Waals surface area contributed by atoms with E-state index in [0.717, 1.165) is 42.7 Å². The average Bonchev–Trinajstić information content (AvgIpc) is 2.77. The second-order valence-corrected chi connectivity index (χ2v) is 10.6. The van der Waals surface area contributed by atoms with Crippen molar-refractivity contribution in [2.45, 2.75) is 69.4 Å². The molecule has 168 valence electrons. The fourth-order valence-electron chi connectivity index (χ4n) is 4.27. The van der Waals surface area contributed by atoms with E-state index < -0.39 is 28.0 Å². The normalized spacial score (nSPS) is 17.4. The second kappa shape index (κ2) is 10.4. The first-order chi connectivity index (χ1) is 14.8. The number of nitrogens with one attached hydrogen (secondary N) is 2. The van der Waals surface area contributed by atoms with Crippen molar-refractivity contribution >= 4 is 33.0 Å². The smallest absolute Gasteiger partial charge is 0.241 e. The highest BCUT2D eigenvalue weighted by Gasteiger charge is 2.30. The third-order valence-electron chi connectivity index (χ3n) is 6.07. The third kappa shape index (κ3) is 6.14. The maximum atomic E-state index is 13.0. The number of hydrogen-bond acceptors (Lipinski definition) is 4. The van der Waals surface area contributed by atoms with Crippen molar-refractivity contribution in [1.82, 2.24) is 10.0 Å². The van der Waals surface area contributed by atoms with Crippen molar-refractivity contribution in [2.75, 3.05) is 0 Å². The SMILES string of the molecule is CC(C)[C@H](NS(=O)(=O)c1ccc2ccccc2c1)C(=O)N[C@H](C=O)CC1CCCCC1. The highest BCUT2D eigenvalue weighted by atomic mass is 32.2. The molecule has 31 heavy (non-hydrogen) atoms. The summed E-state index contributed by atoms with van der Waals surface area (Å²) in [5.74, 6) is -0.319. The molecule has 0 spiro atoms. The monoisotopic (exact) mass is 444 g/mol. The van der Waals surface area contributed by atoms with E-state index in [1.54, 1.807) is 26.0 Å². The molecule has 0 aromatic heterocycles. The molecular weight excluding hydrogens is 412 g/mol. The van der Waals surface area contributed by atoms with E-state index in [0.29, 0.717) is 12.3 Å². The van der Waals surface area contributed by atoms with E-state index in [-0.39, 0.29) is 10.8 Å². The van der Waals surface area contributed by atoms with E-state index in [1.807, 2.05) is 24.3 Å². The second-order valence-electron chi connectivity index (χ2n) is 8.84. The van der Waals surface area contributed by atoms with Gasteiger partial charge in [0, 0.05) is 0 Å². The lowest BCUT2D eigenvalue weighted by atomic mass is 9.85. The Kier molecular flexibility index (Phi) is 7.84. The number of carbonyl (C=O) groups excluding carboxylic acids is 2. The Labute approximate surface area is 184 Å². The van der Waals surface area contributed by atoms with Crippen LogP contribution in [0, 0.1) is 11.8 Å². The Morgan fingerprint density at radius 1 is 1.06 bits per heavy atom.